The van der Waals surface area contributed by atoms with Crippen molar-refractivity contribution in [3.05, 3.63) is 36.0 Å². The molecule has 0 aromatic carbocycles. The number of carbonyl (C=O) groups excluding carboxylic acids is 1. The molecule has 0 aromatic rings. The van der Waals surface area contributed by atoms with Crippen molar-refractivity contribution in [3.63, 3.8) is 0 Å². The maximum absolute atomic E-state index is 13.1. The van der Waals surface area contributed by atoms with Gasteiger partial charge in [0.15, 0.2) is 6.29 Å². The lowest BCUT2D eigenvalue weighted by molar-refractivity contribution is -0.302. The van der Waals surface area contributed by atoms with Gasteiger partial charge in [0.25, 0.3) is 0 Å². The van der Waals surface area contributed by atoms with Crippen molar-refractivity contribution in [2.75, 3.05) is 13.2 Å². The van der Waals surface area contributed by atoms with Crippen molar-refractivity contribution in [1.29, 1.82) is 0 Å². The van der Waals surface area contributed by atoms with E-state index in [0.717, 1.165) is 32.1 Å². The highest BCUT2D eigenvalue weighted by molar-refractivity contribution is 5.80. The number of ether oxygens (including phenoxy) is 2. The Morgan fingerprint density at radius 2 is 1.18 bits per heavy atom. The zero-order valence-electron chi connectivity index (χ0n) is 36.4. The van der Waals surface area contributed by atoms with Gasteiger partial charge in [0.05, 0.1) is 25.4 Å². The molecule has 10 nitrogen and oxygen atoms in total. The third-order valence-corrected chi connectivity index (χ3v) is 11.2. The van der Waals surface area contributed by atoms with Gasteiger partial charge in [-0.05, 0) is 39.0 Å². The summed E-state index contributed by atoms with van der Waals surface area (Å²) in [4.78, 5) is 13.1. The molecule has 1 amide bonds. The second-order valence-corrected chi connectivity index (χ2v) is 16.5. The summed E-state index contributed by atoms with van der Waals surface area (Å²) < 4.78 is 11.1. The molecule has 334 valence electrons. The van der Waals surface area contributed by atoms with E-state index < -0.39 is 61.5 Å². The van der Waals surface area contributed by atoms with E-state index >= 15 is 0 Å². The Hall–Kier alpha value is -1.63. The van der Waals surface area contributed by atoms with E-state index in [-0.39, 0.29) is 6.61 Å². The number of hydrogen-bond donors (Lipinski definition) is 7. The van der Waals surface area contributed by atoms with Crippen LogP contribution in [0.25, 0.3) is 0 Å². The van der Waals surface area contributed by atoms with E-state index in [2.05, 4.69) is 44.3 Å². The summed E-state index contributed by atoms with van der Waals surface area (Å²) in [5.74, 6) is -0.632. The zero-order chi connectivity index (χ0) is 41.9. The summed E-state index contributed by atoms with van der Waals surface area (Å²) in [6, 6.07) is -1.01. The summed E-state index contributed by atoms with van der Waals surface area (Å²) >= 11 is 0. The fourth-order valence-corrected chi connectivity index (χ4v) is 7.26. The molecule has 0 aliphatic carbocycles. The minimum Gasteiger partial charge on any atom is -0.394 e. The second kappa shape index (κ2) is 36.2. The Bertz CT molecular complexity index is 1030. The number of carbonyl (C=O) groups is 1. The van der Waals surface area contributed by atoms with Crippen LogP contribution < -0.4 is 5.32 Å². The van der Waals surface area contributed by atoms with Crippen molar-refractivity contribution in [1.82, 2.24) is 5.32 Å². The van der Waals surface area contributed by atoms with Crippen LogP contribution in [0.15, 0.2) is 36.0 Å². The molecule has 10 heteroatoms. The average molecular weight is 810 g/mol. The molecule has 0 spiro atoms. The standard InChI is InChI=1S/C47H87NO9/c1-4-6-8-10-12-13-14-15-16-17-18-19-20-21-22-24-26-30-35-41(51)46(55)48-39(37-56-47-45(54)44(53)43(52)42(36-49)57-47)40(50)34-31-27-29-33-38(3)32-28-25-23-11-9-7-5-2/h28,31-34,39-45,47,49-54H,4-27,29-30,35-37H2,1-3H3,(H,48,55). The van der Waals surface area contributed by atoms with Gasteiger partial charge < -0.3 is 45.4 Å². The highest BCUT2D eigenvalue weighted by atomic mass is 16.7. The maximum Gasteiger partial charge on any atom is 0.249 e. The van der Waals surface area contributed by atoms with Crippen LogP contribution in [0.5, 0.6) is 0 Å². The third kappa shape index (κ3) is 27.0. The largest absolute Gasteiger partial charge is 0.394 e. The fraction of sp³-hybridized carbons (Fsp3) is 0.851. The Labute approximate surface area is 347 Å². The first-order valence-corrected chi connectivity index (χ1v) is 23.2. The lowest BCUT2D eigenvalue weighted by Crippen LogP contribution is -2.60. The predicted octanol–water partition coefficient (Wildman–Crippen LogP) is 8.64. The third-order valence-electron chi connectivity index (χ3n) is 11.2. The Morgan fingerprint density at radius 3 is 1.70 bits per heavy atom. The molecule has 0 bridgehead atoms. The Morgan fingerprint density at radius 1 is 0.667 bits per heavy atom. The predicted molar refractivity (Wildman–Crippen MR) is 232 cm³/mol. The van der Waals surface area contributed by atoms with Crippen LogP contribution in [0.4, 0.5) is 0 Å². The normalized spacial score (nSPS) is 22.1. The van der Waals surface area contributed by atoms with E-state index in [1.807, 2.05) is 6.08 Å². The molecular weight excluding hydrogens is 723 g/mol. The summed E-state index contributed by atoms with van der Waals surface area (Å²) in [7, 11) is 0. The van der Waals surface area contributed by atoms with Crippen LogP contribution in [-0.2, 0) is 14.3 Å². The summed E-state index contributed by atoms with van der Waals surface area (Å²) in [5.41, 5.74) is 1.18. The zero-order valence-corrected chi connectivity index (χ0v) is 36.4. The van der Waals surface area contributed by atoms with Gasteiger partial charge in [-0.25, -0.2) is 0 Å². The van der Waals surface area contributed by atoms with Gasteiger partial charge in [-0.2, -0.15) is 0 Å². The second-order valence-electron chi connectivity index (χ2n) is 16.5. The van der Waals surface area contributed by atoms with E-state index in [9.17, 15) is 35.4 Å². The number of allylic oxidation sites excluding steroid dienone is 5. The van der Waals surface area contributed by atoms with Gasteiger partial charge in [0, 0.05) is 0 Å². The maximum atomic E-state index is 13.1. The van der Waals surface area contributed by atoms with E-state index in [1.54, 1.807) is 6.08 Å². The molecule has 57 heavy (non-hydrogen) atoms. The highest BCUT2D eigenvalue weighted by Gasteiger charge is 2.44. The molecular formula is C47H87NO9. The van der Waals surface area contributed by atoms with Crippen LogP contribution in [0.1, 0.15) is 194 Å². The van der Waals surface area contributed by atoms with Gasteiger partial charge in [0.1, 0.15) is 30.5 Å². The lowest BCUT2D eigenvalue weighted by atomic mass is 9.99. The van der Waals surface area contributed by atoms with Crippen molar-refractivity contribution in [2.24, 2.45) is 0 Å². The van der Waals surface area contributed by atoms with Crippen LogP contribution in [0, 0.1) is 0 Å². The monoisotopic (exact) mass is 810 g/mol. The Kier molecular flexibility index (Phi) is 33.9. The number of aliphatic hydroxyl groups excluding tert-OH is 6. The van der Waals surface area contributed by atoms with Gasteiger partial charge in [0.2, 0.25) is 5.91 Å². The molecule has 8 atom stereocenters. The SMILES string of the molecule is CCCCCCCC=CC(C)=CCCC=CC(O)C(COC1OC(CO)C(O)C(O)C1O)NC(=O)C(O)CCCCCCCCCCCCCCCCCCCC. The molecule has 7 N–H and O–H groups in total. The van der Waals surface area contributed by atoms with Crippen LogP contribution in [0.3, 0.4) is 0 Å². The highest BCUT2D eigenvalue weighted by Crippen LogP contribution is 2.23. The van der Waals surface area contributed by atoms with Crippen molar-refractivity contribution >= 4 is 5.91 Å². The number of amides is 1. The van der Waals surface area contributed by atoms with Crippen molar-refractivity contribution in [2.45, 2.75) is 243 Å². The number of aliphatic hydroxyl groups is 6. The summed E-state index contributed by atoms with van der Waals surface area (Å²) in [6.45, 7) is 5.62. The molecule has 0 radical (unpaired) electrons. The summed E-state index contributed by atoms with van der Waals surface area (Å²) in [6.07, 6.45) is 32.0. The number of rotatable bonds is 37. The van der Waals surface area contributed by atoms with Crippen LogP contribution in [-0.4, -0.2) is 98.7 Å². The quantitative estimate of drug-likeness (QED) is 0.0185. The van der Waals surface area contributed by atoms with E-state index in [4.69, 9.17) is 9.47 Å². The molecule has 1 heterocycles. The van der Waals surface area contributed by atoms with Crippen molar-refractivity contribution < 1.29 is 44.9 Å². The van der Waals surface area contributed by atoms with E-state index in [0.29, 0.717) is 19.3 Å². The smallest absolute Gasteiger partial charge is 0.249 e. The molecule has 1 rings (SSSR count). The average Bonchev–Trinajstić information content (AvgIpc) is 3.20. The van der Waals surface area contributed by atoms with E-state index in [1.165, 1.54) is 128 Å². The molecule has 0 aromatic heterocycles. The summed E-state index contributed by atoms with van der Waals surface area (Å²) in [5, 5.41) is 64.7. The van der Waals surface area contributed by atoms with Gasteiger partial charge in [-0.1, -0.05) is 191 Å². The lowest BCUT2D eigenvalue weighted by Gasteiger charge is -2.40. The minimum absolute atomic E-state index is 0.301. The fourth-order valence-electron chi connectivity index (χ4n) is 7.26. The van der Waals surface area contributed by atoms with Gasteiger partial charge in [-0.3, -0.25) is 4.79 Å². The minimum atomic E-state index is -1.62. The number of hydrogen-bond acceptors (Lipinski definition) is 9. The first-order valence-electron chi connectivity index (χ1n) is 23.2. The molecule has 1 fully saturated rings. The molecule has 0 saturated carbocycles. The Balaban J connectivity index is 2.47. The first kappa shape index (κ1) is 53.4. The number of unbranched alkanes of at least 4 members (excludes halogenated alkanes) is 23. The molecule has 1 saturated heterocycles. The number of nitrogens with one attached hydrogen (secondary N) is 1. The first-order chi connectivity index (χ1) is 27.7. The van der Waals surface area contributed by atoms with Gasteiger partial charge in [-0.15, -0.1) is 0 Å². The van der Waals surface area contributed by atoms with Crippen LogP contribution >= 0.6 is 0 Å². The molecule has 1 aliphatic heterocycles. The van der Waals surface area contributed by atoms with Gasteiger partial charge >= 0.3 is 0 Å². The molecule has 1 aliphatic rings. The van der Waals surface area contributed by atoms with Crippen LogP contribution in [0.2, 0.25) is 0 Å². The topological polar surface area (TPSA) is 169 Å². The van der Waals surface area contributed by atoms with Crippen molar-refractivity contribution in [3.8, 4) is 0 Å². The molecule has 8 unspecified atom stereocenters.